The highest BCUT2D eigenvalue weighted by Crippen LogP contribution is 1.95. The quantitative estimate of drug-likeness (QED) is 0.312. The van der Waals surface area contributed by atoms with Crippen LogP contribution in [0, 0.1) is 0 Å². The molecule has 0 rings (SSSR count). The molecule has 0 unspecified atom stereocenters. The van der Waals surface area contributed by atoms with Crippen molar-refractivity contribution in [3.8, 4) is 0 Å². The highest BCUT2D eigenvalue weighted by molar-refractivity contribution is 7.80. The molecule has 0 radical (unpaired) electrons. The minimum atomic E-state index is -0.590. The van der Waals surface area contributed by atoms with Crippen molar-refractivity contribution in [2.75, 3.05) is 12.3 Å². The van der Waals surface area contributed by atoms with Crippen LogP contribution in [0.4, 0.5) is 0 Å². The van der Waals surface area contributed by atoms with Crippen LogP contribution in [0.5, 0.6) is 0 Å². The van der Waals surface area contributed by atoms with Gasteiger partial charge in [-0.3, -0.25) is 9.59 Å². The average molecular weight is 204 g/mol. The maximum absolute atomic E-state index is 10.9. The molecule has 13 heavy (non-hydrogen) atoms. The number of nitrogens with two attached hydrogens (primary N) is 1. The highest BCUT2D eigenvalue weighted by atomic mass is 32.1. The largest absolute Gasteiger partial charge is 0.369 e. The number of hydrogen-bond donors (Lipinski definition) is 3. The Morgan fingerprint density at radius 3 is 2.46 bits per heavy atom. The Morgan fingerprint density at radius 1 is 1.23 bits per heavy atom. The number of nitrogens with one attached hydrogen (secondary N) is 1. The SMILES string of the molecule is NC(=O)CC(=O)NCCCCCS. The van der Waals surface area contributed by atoms with Gasteiger partial charge in [-0.25, -0.2) is 0 Å². The van der Waals surface area contributed by atoms with Crippen molar-refractivity contribution in [1.29, 1.82) is 0 Å². The van der Waals surface area contributed by atoms with E-state index in [1.807, 2.05) is 0 Å². The summed E-state index contributed by atoms with van der Waals surface area (Å²) in [5.74, 6) is -0.0128. The van der Waals surface area contributed by atoms with Gasteiger partial charge in [-0.05, 0) is 18.6 Å². The Balaban J connectivity index is 3.22. The lowest BCUT2D eigenvalue weighted by Gasteiger charge is -2.02. The predicted octanol–water partition coefficient (Wildman–Crippen LogP) is 0.0781. The molecular formula is C8H16N2O2S. The number of rotatable bonds is 7. The first kappa shape index (κ1) is 12.3. The zero-order chi connectivity index (χ0) is 10.1. The van der Waals surface area contributed by atoms with Gasteiger partial charge >= 0.3 is 0 Å². The molecule has 0 atom stereocenters. The first-order chi connectivity index (χ1) is 6.16. The number of amides is 2. The number of carbonyl (C=O) groups is 2. The van der Waals surface area contributed by atoms with Crippen molar-refractivity contribution < 1.29 is 9.59 Å². The molecular weight excluding hydrogens is 188 g/mol. The first-order valence-electron chi connectivity index (χ1n) is 4.32. The summed E-state index contributed by atoms with van der Waals surface area (Å²) in [6, 6.07) is 0. The Hall–Kier alpha value is -0.710. The Morgan fingerprint density at radius 2 is 1.92 bits per heavy atom. The number of carbonyl (C=O) groups excluding carboxylic acids is 2. The maximum atomic E-state index is 10.9. The molecule has 0 aliphatic heterocycles. The summed E-state index contributed by atoms with van der Waals surface area (Å²) in [6.45, 7) is 0.611. The normalized spacial score (nSPS) is 9.62. The van der Waals surface area contributed by atoms with Gasteiger partial charge in [-0.1, -0.05) is 6.42 Å². The van der Waals surface area contributed by atoms with Crippen LogP contribution in [0.2, 0.25) is 0 Å². The lowest BCUT2D eigenvalue weighted by atomic mass is 10.2. The molecule has 5 heteroatoms. The minimum Gasteiger partial charge on any atom is -0.369 e. The van der Waals surface area contributed by atoms with Crippen LogP contribution >= 0.6 is 12.6 Å². The summed E-state index contributed by atoms with van der Waals surface area (Å²) in [5.41, 5.74) is 4.84. The Labute approximate surface area is 83.7 Å². The van der Waals surface area contributed by atoms with E-state index in [1.165, 1.54) is 0 Å². The zero-order valence-electron chi connectivity index (χ0n) is 7.58. The summed E-state index contributed by atoms with van der Waals surface area (Å²) in [7, 11) is 0. The van der Waals surface area contributed by atoms with Crippen LogP contribution in [0.3, 0.4) is 0 Å². The molecule has 0 saturated heterocycles. The van der Waals surface area contributed by atoms with E-state index in [-0.39, 0.29) is 12.3 Å². The van der Waals surface area contributed by atoms with Gasteiger partial charge in [0, 0.05) is 6.54 Å². The predicted molar refractivity (Wildman–Crippen MR) is 54.5 cm³/mol. The number of primary amides is 1. The molecule has 3 N–H and O–H groups in total. The second kappa shape index (κ2) is 7.91. The summed E-state index contributed by atoms with van der Waals surface area (Å²) in [4.78, 5) is 21.2. The Kier molecular flexibility index (Phi) is 7.48. The third-order valence-electron chi connectivity index (χ3n) is 1.49. The number of unbranched alkanes of at least 4 members (excludes halogenated alkanes) is 2. The van der Waals surface area contributed by atoms with Crippen molar-refractivity contribution in [1.82, 2.24) is 5.32 Å². The molecule has 0 aliphatic carbocycles. The maximum Gasteiger partial charge on any atom is 0.229 e. The topological polar surface area (TPSA) is 72.2 Å². The molecule has 0 heterocycles. The first-order valence-corrected chi connectivity index (χ1v) is 4.96. The van der Waals surface area contributed by atoms with E-state index in [1.54, 1.807) is 0 Å². The van der Waals surface area contributed by atoms with Crippen LogP contribution in [-0.2, 0) is 9.59 Å². The zero-order valence-corrected chi connectivity index (χ0v) is 8.48. The van der Waals surface area contributed by atoms with Gasteiger partial charge < -0.3 is 11.1 Å². The van der Waals surface area contributed by atoms with Crippen LogP contribution in [0.1, 0.15) is 25.7 Å². The highest BCUT2D eigenvalue weighted by Gasteiger charge is 2.03. The molecule has 0 aliphatic rings. The molecule has 0 fully saturated rings. The minimum absolute atomic E-state index is 0.216. The number of hydrogen-bond acceptors (Lipinski definition) is 3. The second-order valence-electron chi connectivity index (χ2n) is 2.78. The van der Waals surface area contributed by atoms with Crippen molar-refractivity contribution in [2.24, 2.45) is 5.73 Å². The summed E-state index contributed by atoms with van der Waals surface area (Å²) < 4.78 is 0. The fraction of sp³-hybridized carbons (Fsp3) is 0.750. The van der Waals surface area contributed by atoms with Gasteiger partial charge in [0.25, 0.3) is 0 Å². The molecule has 0 aromatic carbocycles. The van der Waals surface area contributed by atoms with E-state index >= 15 is 0 Å². The smallest absolute Gasteiger partial charge is 0.229 e. The summed E-state index contributed by atoms with van der Waals surface area (Å²) >= 11 is 4.06. The fourth-order valence-electron chi connectivity index (χ4n) is 0.862. The fourth-order valence-corrected chi connectivity index (χ4v) is 1.09. The molecule has 0 aromatic rings. The summed E-state index contributed by atoms with van der Waals surface area (Å²) in [6.07, 6.45) is 2.80. The van der Waals surface area contributed by atoms with Crippen LogP contribution in [-0.4, -0.2) is 24.1 Å². The second-order valence-corrected chi connectivity index (χ2v) is 3.22. The van der Waals surface area contributed by atoms with E-state index in [0.717, 1.165) is 25.0 Å². The molecule has 0 spiro atoms. The lowest BCUT2D eigenvalue weighted by molar-refractivity contribution is -0.127. The molecule has 76 valence electrons. The van der Waals surface area contributed by atoms with E-state index in [2.05, 4.69) is 17.9 Å². The third-order valence-corrected chi connectivity index (χ3v) is 1.81. The standard InChI is InChI=1S/C8H16N2O2S/c9-7(11)6-8(12)10-4-2-1-3-5-13/h13H,1-6H2,(H2,9,11)(H,10,12). The molecule has 0 saturated carbocycles. The van der Waals surface area contributed by atoms with Gasteiger partial charge in [0.15, 0.2) is 0 Å². The van der Waals surface area contributed by atoms with E-state index in [0.29, 0.717) is 6.54 Å². The van der Waals surface area contributed by atoms with Crippen molar-refractivity contribution in [3.05, 3.63) is 0 Å². The van der Waals surface area contributed by atoms with E-state index in [4.69, 9.17) is 5.73 Å². The molecule has 0 bridgehead atoms. The lowest BCUT2D eigenvalue weighted by Crippen LogP contribution is -2.29. The summed E-state index contributed by atoms with van der Waals surface area (Å²) in [5, 5.41) is 2.61. The van der Waals surface area contributed by atoms with Gasteiger partial charge in [0.1, 0.15) is 6.42 Å². The average Bonchev–Trinajstić information content (AvgIpc) is 2.02. The molecule has 4 nitrogen and oxygen atoms in total. The van der Waals surface area contributed by atoms with Crippen molar-refractivity contribution in [3.63, 3.8) is 0 Å². The van der Waals surface area contributed by atoms with Gasteiger partial charge in [0.2, 0.25) is 11.8 Å². The number of thiol groups is 1. The Bertz CT molecular complexity index is 174. The van der Waals surface area contributed by atoms with Crippen LogP contribution in [0.25, 0.3) is 0 Å². The van der Waals surface area contributed by atoms with Crippen molar-refractivity contribution in [2.45, 2.75) is 25.7 Å². The van der Waals surface area contributed by atoms with Gasteiger partial charge in [-0.15, -0.1) is 0 Å². The van der Waals surface area contributed by atoms with Crippen LogP contribution < -0.4 is 11.1 Å². The van der Waals surface area contributed by atoms with E-state index in [9.17, 15) is 9.59 Å². The van der Waals surface area contributed by atoms with Gasteiger partial charge in [-0.2, -0.15) is 12.6 Å². The monoisotopic (exact) mass is 204 g/mol. The third kappa shape index (κ3) is 9.20. The van der Waals surface area contributed by atoms with Crippen molar-refractivity contribution >= 4 is 24.4 Å². The van der Waals surface area contributed by atoms with Crippen LogP contribution in [0.15, 0.2) is 0 Å². The molecule has 2 amide bonds. The van der Waals surface area contributed by atoms with E-state index < -0.39 is 5.91 Å². The molecule has 0 aromatic heterocycles. The van der Waals surface area contributed by atoms with Gasteiger partial charge in [0.05, 0.1) is 0 Å².